The van der Waals surface area contributed by atoms with Crippen LogP contribution in [-0.2, 0) is 4.79 Å². The monoisotopic (exact) mass is 358 g/mol. The maximum Gasteiger partial charge on any atom is 0.422 e. The molecule has 0 aliphatic carbocycles. The molecule has 2 amide bonds. The van der Waals surface area contributed by atoms with Crippen molar-refractivity contribution in [3.63, 3.8) is 0 Å². The van der Waals surface area contributed by atoms with Gasteiger partial charge in [-0.1, -0.05) is 0 Å². The summed E-state index contributed by atoms with van der Waals surface area (Å²) in [6.45, 7) is -0.178. The summed E-state index contributed by atoms with van der Waals surface area (Å²) in [5, 5.41) is 0. The highest BCUT2D eigenvalue weighted by Crippen LogP contribution is 2.24. The third-order valence-corrected chi connectivity index (χ3v) is 4.20. The first-order valence-electron chi connectivity index (χ1n) is 8.12. The summed E-state index contributed by atoms with van der Waals surface area (Å²) in [5.74, 6) is -0.0178. The summed E-state index contributed by atoms with van der Waals surface area (Å²) in [7, 11) is 0. The van der Waals surface area contributed by atoms with Gasteiger partial charge in [0.15, 0.2) is 6.61 Å². The minimum absolute atomic E-state index is 0.0686. The molecule has 2 N–H and O–H groups in total. The average molecular weight is 358 g/mol. The van der Waals surface area contributed by atoms with Crippen LogP contribution in [0, 0.1) is 5.92 Å². The van der Waals surface area contributed by atoms with E-state index >= 15 is 0 Å². The summed E-state index contributed by atoms with van der Waals surface area (Å²) in [5.41, 5.74) is 5.55. The molecule has 1 heterocycles. The Balaban J connectivity index is 1.84. The molecule has 1 aliphatic rings. The van der Waals surface area contributed by atoms with Crippen molar-refractivity contribution >= 4 is 11.8 Å². The van der Waals surface area contributed by atoms with Crippen molar-refractivity contribution in [2.75, 3.05) is 19.7 Å². The Morgan fingerprint density at radius 1 is 1.16 bits per heavy atom. The molecule has 0 bridgehead atoms. The van der Waals surface area contributed by atoms with Gasteiger partial charge in [0.25, 0.3) is 5.91 Å². The number of hydrogen-bond acceptors (Lipinski definition) is 3. The van der Waals surface area contributed by atoms with E-state index in [2.05, 4.69) is 4.74 Å². The molecule has 1 fully saturated rings. The van der Waals surface area contributed by atoms with E-state index in [0.29, 0.717) is 31.0 Å². The van der Waals surface area contributed by atoms with Gasteiger partial charge in [-0.05, 0) is 49.4 Å². The van der Waals surface area contributed by atoms with Crippen LogP contribution in [0.15, 0.2) is 24.3 Å². The van der Waals surface area contributed by atoms with Crippen LogP contribution in [0.4, 0.5) is 13.2 Å². The third kappa shape index (κ3) is 6.28. The van der Waals surface area contributed by atoms with Gasteiger partial charge in [0, 0.05) is 25.1 Å². The standard InChI is InChI=1S/C17H21F3N2O3/c18-17(19,20)11-25-14-4-2-13(3-5-14)16(24)22-9-7-12(8-10-22)1-6-15(21)23/h2-5,12H,1,6-11H2,(H2,21,23). The molecule has 8 heteroatoms. The van der Waals surface area contributed by atoms with E-state index in [1.54, 1.807) is 4.90 Å². The number of piperidine rings is 1. The molecule has 0 unspecified atom stereocenters. The Bertz CT molecular complexity index is 594. The zero-order chi connectivity index (χ0) is 18.4. The van der Waals surface area contributed by atoms with Crippen LogP contribution in [0.3, 0.4) is 0 Å². The van der Waals surface area contributed by atoms with E-state index in [1.807, 2.05) is 0 Å². The highest BCUT2D eigenvalue weighted by molar-refractivity contribution is 5.94. The first-order valence-corrected chi connectivity index (χ1v) is 8.12. The van der Waals surface area contributed by atoms with Crippen molar-refractivity contribution in [1.29, 1.82) is 0 Å². The lowest BCUT2D eigenvalue weighted by Gasteiger charge is -2.32. The van der Waals surface area contributed by atoms with E-state index in [0.717, 1.165) is 19.3 Å². The Morgan fingerprint density at radius 3 is 2.28 bits per heavy atom. The largest absolute Gasteiger partial charge is 0.484 e. The molecular weight excluding hydrogens is 337 g/mol. The molecule has 0 aromatic heterocycles. The quantitative estimate of drug-likeness (QED) is 0.850. The Labute approximate surface area is 143 Å². The number of hydrogen-bond donors (Lipinski definition) is 1. The molecule has 2 rings (SSSR count). The summed E-state index contributed by atoms with van der Waals surface area (Å²) in [6.07, 6.45) is -1.68. The van der Waals surface area contributed by atoms with Crippen molar-refractivity contribution in [3.05, 3.63) is 29.8 Å². The number of halogens is 3. The van der Waals surface area contributed by atoms with Crippen molar-refractivity contribution in [2.24, 2.45) is 11.7 Å². The van der Waals surface area contributed by atoms with Gasteiger partial charge < -0.3 is 15.4 Å². The van der Waals surface area contributed by atoms with E-state index in [9.17, 15) is 22.8 Å². The molecule has 1 saturated heterocycles. The Kier molecular flexibility index (Phi) is 6.27. The minimum Gasteiger partial charge on any atom is -0.484 e. The number of likely N-dealkylation sites (tertiary alicyclic amines) is 1. The second-order valence-corrected chi connectivity index (χ2v) is 6.17. The number of amides is 2. The molecule has 0 spiro atoms. The van der Waals surface area contributed by atoms with Gasteiger partial charge in [0.05, 0.1) is 0 Å². The molecule has 5 nitrogen and oxygen atoms in total. The first-order chi connectivity index (χ1) is 11.7. The second kappa shape index (κ2) is 8.22. The Morgan fingerprint density at radius 2 is 1.76 bits per heavy atom. The normalized spacial score (nSPS) is 15.9. The fraction of sp³-hybridized carbons (Fsp3) is 0.529. The average Bonchev–Trinajstić information content (AvgIpc) is 2.58. The summed E-state index contributed by atoms with van der Waals surface area (Å²) in [6, 6.07) is 5.65. The van der Waals surface area contributed by atoms with Crippen LogP contribution in [-0.4, -0.2) is 42.6 Å². The molecule has 138 valence electrons. The predicted octanol–water partition coefficient (Wildman–Crippen LogP) is 2.75. The lowest BCUT2D eigenvalue weighted by molar-refractivity contribution is -0.153. The topological polar surface area (TPSA) is 72.6 Å². The van der Waals surface area contributed by atoms with Gasteiger partial charge in [-0.3, -0.25) is 9.59 Å². The number of nitrogens with zero attached hydrogens (tertiary/aromatic N) is 1. The fourth-order valence-corrected chi connectivity index (χ4v) is 2.81. The SMILES string of the molecule is NC(=O)CCC1CCN(C(=O)c2ccc(OCC(F)(F)F)cc2)CC1. The number of carbonyl (C=O) groups excluding carboxylic acids is 2. The van der Waals surface area contributed by atoms with Crippen molar-refractivity contribution in [1.82, 2.24) is 4.90 Å². The third-order valence-electron chi connectivity index (χ3n) is 4.20. The first kappa shape index (κ1) is 19.1. The zero-order valence-electron chi connectivity index (χ0n) is 13.7. The smallest absolute Gasteiger partial charge is 0.422 e. The van der Waals surface area contributed by atoms with Crippen molar-refractivity contribution in [2.45, 2.75) is 31.9 Å². The van der Waals surface area contributed by atoms with Crippen molar-refractivity contribution in [3.8, 4) is 5.75 Å². The van der Waals surface area contributed by atoms with Crippen LogP contribution < -0.4 is 10.5 Å². The van der Waals surface area contributed by atoms with E-state index in [1.165, 1.54) is 24.3 Å². The number of benzene rings is 1. The minimum atomic E-state index is -4.40. The van der Waals surface area contributed by atoms with Crippen LogP contribution in [0.2, 0.25) is 0 Å². The van der Waals surface area contributed by atoms with Crippen LogP contribution in [0.5, 0.6) is 5.75 Å². The van der Waals surface area contributed by atoms with Gasteiger partial charge in [0.2, 0.25) is 5.91 Å². The van der Waals surface area contributed by atoms with Crippen LogP contribution >= 0.6 is 0 Å². The molecule has 1 aromatic carbocycles. The number of carbonyl (C=O) groups is 2. The molecular formula is C17H21F3N2O3. The second-order valence-electron chi connectivity index (χ2n) is 6.17. The highest BCUT2D eigenvalue weighted by atomic mass is 19.4. The van der Waals surface area contributed by atoms with Crippen LogP contribution in [0.25, 0.3) is 0 Å². The molecule has 0 atom stereocenters. The maximum absolute atomic E-state index is 12.4. The van der Waals surface area contributed by atoms with E-state index < -0.39 is 12.8 Å². The summed E-state index contributed by atoms with van der Waals surface area (Å²) < 4.78 is 41.0. The fourth-order valence-electron chi connectivity index (χ4n) is 2.81. The maximum atomic E-state index is 12.4. The number of ether oxygens (including phenoxy) is 1. The van der Waals surface area contributed by atoms with Gasteiger partial charge in [-0.15, -0.1) is 0 Å². The van der Waals surface area contributed by atoms with Crippen LogP contribution in [0.1, 0.15) is 36.0 Å². The summed E-state index contributed by atoms with van der Waals surface area (Å²) in [4.78, 5) is 25.0. The van der Waals surface area contributed by atoms with E-state index in [-0.39, 0.29) is 17.6 Å². The number of primary amides is 1. The molecule has 1 aromatic rings. The van der Waals surface area contributed by atoms with Crippen molar-refractivity contribution < 1.29 is 27.5 Å². The molecule has 25 heavy (non-hydrogen) atoms. The van der Waals surface area contributed by atoms with E-state index in [4.69, 9.17) is 5.73 Å². The van der Waals surface area contributed by atoms with Gasteiger partial charge >= 0.3 is 6.18 Å². The van der Waals surface area contributed by atoms with Gasteiger partial charge in [-0.2, -0.15) is 13.2 Å². The lowest BCUT2D eigenvalue weighted by atomic mass is 9.92. The predicted molar refractivity (Wildman–Crippen MR) is 85.0 cm³/mol. The zero-order valence-corrected chi connectivity index (χ0v) is 13.7. The van der Waals surface area contributed by atoms with Gasteiger partial charge in [-0.25, -0.2) is 0 Å². The molecule has 0 saturated carbocycles. The van der Waals surface area contributed by atoms with Gasteiger partial charge in [0.1, 0.15) is 5.75 Å². The summed E-state index contributed by atoms with van der Waals surface area (Å²) >= 11 is 0. The lowest BCUT2D eigenvalue weighted by Crippen LogP contribution is -2.38. The number of nitrogens with two attached hydrogens (primary N) is 1. The molecule has 1 aliphatic heterocycles. The number of rotatable bonds is 6. The number of alkyl halides is 3. The highest BCUT2D eigenvalue weighted by Gasteiger charge is 2.28. The Hall–Kier alpha value is -2.25. The molecule has 0 radical (unpaired) electrons.